The Labute approximate surface area is 152 Å². The number of benzene rings is 2. The number of aromatic hydroxyl groups is 1. The number of nitrogens with one attached hydrogen (secondary N) is 1. The van der Waals surface area contributed by atoms with E-state index >= 15 is 0 Å². The highest BCUT2D eigenvalue weighted by Crippen LogP contribution is 2.30. The van der Waals surface area contributed by atoms with Crippen molar-refractivity contribution in [1.82, 2.24) is 0 Å². The zero-order valence-electron chi connectivity index (χ0n) is 14.3. The largest absolute Gasteiger partial charge is 0.508 e. The first kappa shape index (κ1) is 19.1. The number of carbonyl (C=O) groups excluding carboxylic acids is 1. The summed E-state index contributed by atoms with van der Waals surface area (Å²) in [6, 6.07) is 14.0. The Bertz CT molecular complexity index is 673. The molecule has 0 spiro atoms. The molecule has 134 valence electrons. The van der Waals surface area contributed by atoms with Crippen molar-refractivity contribution in [1.29, 1.82) is 0 Å². The van der Waals surface area contributed by atoms with Gasteiger partial charge in [0.15, 0.2) is 0 Å². The molecule has 0 unspecified atom stereocenters. The Morgan fingerprint density at radius 3 is 2.36 bits per heavy atom. The normalized spacial score (nSPS) is 13.1. The highest BCUT2D eigenvalue weighted by atomic mass is 32.2. The van der Waals surface area contributed by atoms with Crippen LogP contribution in [0.1, 0.15) is 25.0 Å². The van der Waals surface area contributed by atoms with Crippen LogP contribution in [0, 0.1) is 5.92 Å². The number of rotatable bonds is 7. The Kier molecular flexibility index (Phi) is 7.16. The van der Waals surface area contributed by atoms with E-state index in [1.54, 1.807) is 36.0 Å². The minimum Gasteiger partial charge on any atom is -0.508 e. The van der Waals surface area contributed by atoms with Gasteiger partial charge in [-0.25, -0.2) is 4.79 Å². The number of aliphatic hydroxyl groups is 1. The minimum absolute atomic E-state index is 0.0108. The van der Waals surface area contributed by atoms with Gasteiger partial charge in [0.2, 0.25) is 0 Å². The van der Waals surface area contributed by atoms with Crippen LogP contribution in [-0.2, 0) is 4.74 Å². The van der Waals surface area contributed by atoms with Gasteiger partial charge in [0.25, 0.3) is 0 Å². The SMILES string of the molecule is CSc1ccc(NC(=O)O[C@H](c2ccc(O)cc2)[C@H](C)CCO)cc1. The topological polar surface area (TPSA) is 78.8 Å². The van der Waals surface area contributed by atoms with Crippen LogP contribution in [0.15, 0.2) is 53.4 Å². The van der Waals surface area contributed by atoms with Crippen LogP contribution in [0.2, 0.25) is 0 Å². The Balaban J connectivity index is 2.08. The third-order valence-corrected chi connectivity index (χ3v) is 4.64. The number of anilines is 1. The van der Waals surface area contributed by atoms with Gasteiger partial charge < -0.3 is 14.9 Å². The van der Waals surface area contributed by atoms with Crippen LogP contribution >= 0.6 is 11.8 Å². The standard InChI is InChI=1S/C19H23NO4S/c1-13(11-12-21)18(14-3-7-16(22)8-4-14)24-19(23)20-15-5-9-17(25-2)10-6-15/h3-10,13,18,21-22H,11-12H2,1-2H3,(H,20,23)/t13-,18+/m1/s1. The van der Waals surface area contributed by atoms with Crippen molar-refractivity contribution in [2.45, 2.75) is 24.3 Å². The average molecular weight is 361 g/mol. The van der Waals surface area contributed by atoms with E-state index in [2.05, 4.69) is 5.32 Å². The van der Waals surface area contributed by atoms with Gasteiger partial charge in [0.05, 0.1) is 0 Å². The maximum absolute atomic E-state index is 12.3. The molecular weight excluding hydrogens is 338 g/mol. The Morgan fingerprint density at radius 1 is 1.16 bits per heavy atom. The number of thioether (sulfide) groups is 1. The predicted molar refractivity (Wildman–Crippen MR) is 100 cm³/mol. The zero-order chi connectivity index (χ0) is 18.2. The van der Waals surface area contributed by atoms with Crippen molar-refractivity contribution >= 4 is 23.5 Å². The van der Waals surface area contributed by atoms with Crippen LogP contribution < -0.4 is 5.32 Å². The quantitative estimate of drug-likeness (QED) is 0.636. The molecule has 2 atom stereocenters. The van der Waals surface area contributed by atoms with E-state index in [1.165, 1.54) is 0 Å². The number of phenolic OH excluding ortho intramolecular Hbond substituents is 1. The molecule has 2 aromatic rings. The average Bonchev–Trinajstić information content (AvgIpc) is 2.61. The van der Waals surface area contributed by atoms with E-state index in [0.29, 0.717) is 12.1 Å². The predicted octanol–water partition coefficient (Wildman–Crippen LogP) is 4.42. The van der Waals surface area contributed by atoms with Crippen LogP contribution in [0.4, 0.5) is 10.5 Å². The molecule has 0 saturated carbocycles. The molecule has 0 aliphatic carbocycles. The fourth-order valence-electron chi connectivity index (χ4n) is 2.47. The summed E-state index contributed by atoms with van der Waals surface area (Å²) in [6.45, 7) is 1.92. The molecule has 6 heteroatoms. The molecule has 25 heavy (non-hydrogen) atoms. The monoisotopic (exact) mass is 361 g/mol. The number of hydrogen-bond acceptors (Lipinski definition) is 5. The molecule has 0 saturated heterocycles. The van der Waals surface area contributed by atoms with Crippen molar-refractivity contribution in [2.24, 2.45) is 5.92 Å². The van der Waals surface area contributed by atoms with E-state index in [0.717, 1.165) is 10.5 Å². The van der Waals surface area contributed by atoms with Crippen LogP contribution in [-0.4, -0.2) is 29.2 Å². The molecule has 0 bridgehead atoms. The van der Waals surface area contributed by atoms with Gasteiger partial charge in [-0.05, 0) is 60.6 Å². The highest BCUT2D eigenvalue weighted by molar-refractivity contribution is 7.98. The van der Waals surface area contributed by atoms with E-state index in [9.17, 15) is 15.0 Å². The second-order valence-corrected chi connectivity index (χ2v) is 6.64. The van der Waals surface area contributed by atoms with Gasteiger partial charge in [0.1, 0.15) is 11.9 Å². The summed E-state index contributed by atoms with van der Waals surface area (Å²) >= 11 is 1.63. The molecule has 3 N–H and O–H groups in total. The van der Waals surface area contributed by atoms with Gasteiger partial charge >= 0.3 is 6.09 Å². The lowest BCUT2D eigenvalue weighted by Gasteiger charge is -2.24. The molecule has 0 fully saturated rings. The van der Waals surface area contributed by atoms with E-state index in [-0.39, 0.29) is 18.3 Å². The smallest absolute Gasteiger partial charge is 0.412 e. The van der Waals surface area contributed by atoms with Crippen molar-refractivity contribution in [2.75, 3.05) is 18.2 Å². The summed E-state index contributed by atoms with van der Waals surface area (Å²) in [6.07, 6.45) is 1.42. The number of carbonyl (C=O) groups is 1. The number of hydrogen-bond donors (Lipinski definition) is 3. The summed E-state index contributed by atoms with van der Waals surface area (Å²) in [4.78, 5) is 13.4. The number of ether oxygens (including phenoxy) is 1. The summed E-state index contributed by atoms with van der Waals surface area (Å²) in [5.74, 6) is 0.0785. The van der Waals surface area contributed by atoms with Gasteiger partial charge in [-0.3, -0.25) is 5.32 Å². The molecule has 0 heterocycles. The number of amides is 1. The van der Waals surface area contributed by atoms with Crippen molar-refractivity contribution in [3.8, 4) is 5.75 Å². The van der Waals surface area contributed by atoms with E-state index in [1.807, 2.05) is 37.4 Å². The van der Waals surface area contributed by atoms with Gasteiger partial charge in [0, 0.05) is 17.2 Å². The van der Waals surface area contributed by atoms with E-state index < -0.39 is 12.2 Å². The lowest BCUT2D eigenvalue weighted by atomic mass is 9.94. The zero-order valence-corrected chi connectivity index (χ0v) is 15.1. The second kappa shape index (κ2) is 9.34. The molecule has 0 aliphatic heterocycles. The molecule has 5 nitrogen and oxygen atoms in total. The first-order chi connectivity index (χ1) is 12.0. The van der Waals surface area contributed by atoms with Crippen LogP contribution in [0.3, 0.4) is 0 Å². The molecule has 0 aromatic heterocycles. The van der Waals surface area contributed by atoms with Crippen molar-refractivity contribution in [3.63, 3.8) is 0 Å². The van der Waals surface area contributed by atoms with Crippen LogP contribution in [0.5, 0.6) is 5.75 Å². The number of phenols is 1. The van der Waals surface area contributed by atoms with Crippen LogP contribution in [0.25, 0.3) is 0 Å². The first-order valence-corrected chi connectivity index (χ1v) is 9.27. The minimum atomic E-state index is -0.556. The third-order valence-electron chi connectivity index (χ3n) is 3.89. The molecule has 2 rings (SSSR count). The summed E-state index contributed by atoms with van der Waals surface area (Å²) < 4.78 is 5.60. The highest BCUT2D eigenvalue weighted by Gasteiger charge is 2.23. The second-order valence-electron chi connectivity index (χ2n) is 5.76. The summed E-state index contributed by atoms with van der Waals surface area (Å²) in [5, 5.41) is 21.4. The molecule has 0 aliphatic rings. The lowest BCUT2D eigenvalue weighted by Crippen LogP contribution is -2.22. The van der Waals surface area contributed by atoms with Gasteiger partial charge in [-0.15, -0.1) is 11.8 Å². The maximum Gasteiger partial charge on any atom is 0.412 e. The van der Waals surface area contributed by atoms with E-state index in [4.69, 9.17) is 4.74 Å². The maximum atomic E-state index is 12.3. The first-order valence-electron chi connectivity index (χ1n) is 8.05. The molecule has 2 aromatic carbocycles. The lowest BCUT2D eigenvalue weighted by molar-refractivity contribution is 0.0667. The summed E-state index contributed by atoms with van der Waals surface area (Å²) in [7, 11) is 0. The fraction of sp³-hybridized carbons (Fsp3) is 0.316. The molecule has 1 amide bonds. The van der Waals surface area contributed by atoms with Gasteiger partial charge in [-0.1, -0.05) is 19.1 Å². The summed E-state index contributed by atoms with van der Waals surface area (Å²) in [5.41, 5.74) is 1.42. The molecular formula is C19H23NO4S. The van der Waals surface area contributed by atoms with Crippen molar-refractivity contribution < 1.29 is 19.7 Å². The van der Waals surface area contributed by atoms with Crippen molar-refractivity contribution in [3.05, 3.63) is 54.1 Å². The number of aliphatic hydroxyl groups excluding tert-OH is 1. The molecule has 0 radical (unpaired) electrons. The Hall–Kier alpha value is -2.18. The third kappa shape index (κ3) is 5.69. The van der Waals surface area contributed by atoms with Gasteiger partial charge in [-0.2, -0.15) is 0 Å². The fourth-order valence-corrected chi connectivity index (χ4v) is 2.88. The Morgan fingerprint density at radius 2 is 1.80 bits per heavy atom.